The normalized spacial score (nSPS) is 12.1. The lowest BCUT2D eigenvalue weighted by atomic mass is 9.99. The zero-order valence-electron chi connectivity index (χ0n) is 36.1. The zero-order chi connectivity index (χ0) is 44.5. The van der Waals surface area contributed by atoms with Gasteiger partial charge in [-0.15, -0.1) is 11.3 Å². The molecule has 8 heteroatoms. The van der Waals surface area contributed by atoms with E-state index in [1.165, 1.54) is 30.9 Å². The van der Waals surface area contributed by atoms with Crippen LogP contribution in [0.5, 0.6) is 0 Å². The molecule has 0 unspecified atom stereocenters. The largest absolute Gasteiger partial charge is 0.450 e. The molecule has 0 fully saturated rings. The van der Waals surface area contributed by atoms with Crippen molar-refractivity contribution in [3.63, 3.8) is 0 Å². The molecule has 0 aliphatic rings. The van der Waals surface area contributed by atoms with Gasteiger partial charge in [-0.1, -0.05) is 164 Å². The number of rotatable bonds is 5. The Morgan fingerprint density at radius 1 is 0.397 bits per heavy atom. The van der Waals surface area contributed by atoms with Gasteiger partial charge in [-0.25, -0.2) is 19.9 Å². The third kappa shape index (κ3) is 5.34. The minimum absolute atomic E-state index is 0.645. The molecule has 0 amide bonds. The number of hydrogen-bond acceptors (Lipinski definition) is 6. The molecule has 0 bridgehead atoms. The van der Waals surface area contributed by atoms with Crippen LogP contribution < -0.4 is 0 Å². The van der Waals surface area contributed by atoms with Crippen molar-refractivity contribution in [1.29, 1.82) is 0 Å². The van der Waals surface area contributed by atoms with Crippen LogP contribution in [0.2, 0.25) is 0 Å². The van der Waals surface area contributed by atoms with Crippen LogP contribution in [0.1, 0.15) is 0 Å². The minimum Gasteiger partial charge on any atom is -0.450 e. The van der Waals surface area contributed by atoms with Crippen molar-refractivity contribution in [3.8, 4) is 45.7 Å². The fraction of sp³-hybridized carbons (Fsp3) is 0. The Bertz CT molecular complexity index is 4490. The highest BCUT2D eigenvalue weighted by Gasteiger charge is 2.27. The third-order valence-electron chi connectivity index (χ3n) is 13.5. The Labute approximate surface area is 391 Å². The first-order chi connectivity index (χ1) is 33.7. The highest BCUT2D eigenvalue weighted by molar-refractivity contribution is 7.27. The second-order valence-electron chi connectivity index (χ2n) is 17.3. The number of hydrogen-bond donors (Lipinski definition) is 0. The molecule has 6 aromatic heterocycles. The zero-order valence-corrected chi connectivity index (χ0v) is 36.9. The highest BCUT2D eigenvalue weighted by atomic mass is 32.1. The summed E-state index contributed by atoms with van der Waals surface area (Å²) in [6, 6.07) is 72.2. The molecule has 0 aliphatic carbocycles. The molecule has 15 rings (SSSR count). The van der Waals surface area contributed by atoms with Gasteiger partial charge < -0.3 is 4.42 Å². The van der Waals surface area contributed by atoms with Crippen molar-refractivity contribution in [2.45, 2.75) is 0 Å². The van der Waals surface area contributed by atoms with Gasteiger partial charge in [-0.05, 0) is 36.4 Å². The molecule has 316 valence electrons. The molecule has 0 saturated carbocycles. The molecular weight excluding hydrogens is 853 g/mol. The number of nitrogens with zero attached hydrogens (tertiary/aromatic N) is 6. The number of aromatic nitrogens is 6. The second kappa shape index (κ2) is 14.3. The first-order valence-corrected chi connectivity index (χ1v) is 23.5. The Morgan fingerprint density at radius 2 is 0.985 bits per heavy atom. The summed E-state index contributed by atoms with van der Waals surface area (Å²) in [6.07, 6.45) is 0. The summed E-state index contributed by atoms with van der Waals surface area (Å²) in [6.45, 7) is 0. The van der Waals surface area contributed by atoms with Gasteiger partial charge in [-0.3, -0.25) is 9.13 Å². The standard InChI is InChI=1S/C60H34N6OS/c1-4-18-35(19-5-1)45-33-51(62-58(61-45)36-20-6-2-7-21-36)65-46-29-15-12-24-38(46)43-32-44-50(34-48(43)65)68-57-40-26-11-10-25-39(40)55-52(53(44)57)41-27-13-16-30-47(41)66(55)60-56-54(42-28-14-17-31-49(42)67-56)63-59(64-60)37-22-8-3-9-23-37/h1-34H. The van der Waals surface area contributed by atoms with E-state index < -0.39 is 0 Å². The molecule has 0 radical (unpaired) electrons. The van der Waals surface area contributed by atoms with Crippen LogP contribution in [0.4, 0.5) is 0 Å². The van der Waals surface area contributed by atoms with Crippen LogP contribution in [0.15, 0.2) is 211 Å². The molecule has 0 N–H and O–H groups in total. The number of para-hydroxylation sites is 3. The third-order valence-corrected chi connectivity index (χ3v) is 14.7. The summed E-state index contributed by atoms with van der Waals surface area (Å²) in [5.74, 6) is 2.85. The van der Waals surface area contributed by atoms with Crippen molar-refractivity contribution < 1.29 is 4.42 Å². The van der Waals surface area contributed by atoms with Gasteiger partial charge in [-0.2, -0.15) is 0 Å². The summed E-state index contributed by atoms with van der Waals surface area (Å²) in [5.41, 5.74) is 10.3. The number of fused-ring (bicyclic) bond motifs is 16. The van der Waals surface area contributed by atoms with Crippen LogP contribution in [0.3, 0.4) is 0 Å². The number of thiophene rings is 1. The van der Waals surface area contributed by atoms with Crippen LogP contribution in [-0.4, -0.2) is 29.1 Å². The van der Waals surface area contributed by atoms with E-state index in [9.17, 15) is 0 Å². The monoisotopic (exact) mass is 886 g/mol. The summed E-state index contributed by atoms with van der Waals surface area (Å²) in [4.78, 5) is 21.1. The maximum absolute atomic E-state index is 6.79. The molecule has 9 aromatic carbocycles. The van der Waals surface area contributed by atoms with Crippen molar-refractivity contribution in [2.24, 2.45) is 0 Å². The fourth-order valence-electron chi connectivity index (χ4n) is 10.6. The molecular formula is C60H34N6OS. The predicted molar refractivity (Wildman–Crippen MR) is 280 cm³/mol. The van der Waals surface area contributed by atoms with E-state index in [1.807, 2.05) is 72.0 Å². The van der Waals surface area contributed by atoms with E-state index in [0.29, 0.717) is 23.0 Å². The first-order valence-electron chi connectivity index (χ1n) is 22.7. The van der Waals surface area contributed by atoms with E-state index in [4.69, 9.17) is 24.4 Å². The molecule has 0 saturated heterocycles. The maximum Gasteiger partial charge on any atom is 0.197 e. The SMILES string of the molecule is c1ccc(-c2cc(-n3c4ccccc4c4cc5c(cc43)sc3c4ccccc4c4c(c6ccccc6n4-c4nc(-c6ccccc6)nc6c4oc4ccccc46)c53)nc(-c3ccccc3)n2)cc1. The summed E-state index contributed by atoms with van der Waals surface area (Å²) in [7, 11) is 0. The average Bonchev–Trinajstić information content (AvgIpc) is 4.16. The summed E-state index contributed by atoms with van der Waals surface area (Å²) >= 11 is 1.85. The van der Waals surface area contributed by atoms with Gasteiger partial charge in [0.05, 0.1) is 27.8 Å². The van der Waals surface area contributed by atoms with Gasteiger partial charge in [0.15, 0.2) is 23.0 Å². The fourth-order valence-corrected chi connectivity index (χ4v) is 11.8. The number of furan rings is 1. The topological polar surface area (TPSA) is 74.6 Å². The van der Waals surface area contributed by atoms with E-state index in [2.05, 4.69) is 155 Å². The van der Waals surface area contributed by atoms with E-state index in [1.54, 1.807) is 0 Å². The van der Waals surface area contributed by atoms with E-state index in [0.717, 1.165) is 88.3 Å². The minimum atomic E-state index is 0.645. The Morgan fingerprint density at radius 3 is 1.72 bits per heavy atom. The van der Waals surface area contributed by atoms with Crippen molar-refractivity contribution in [1.82, 2.24) is 29.1 Å². The summed E-state index contributed by atoms with van der Waals surface area (Å²) < 4.78 is 13.9. The van der Waals surface area contributed by atoms with Gasteiger partial charge in [0.1, 0.15) is 16.9 Å². The van der Waals surface area contributed by atoms with Crippen molar-refractivity contribution in [3.05, 3.63) is 206 Å². The Kier molecular flexibility index (Phi) is 7.81. The summed E-state index contributed by atoms with van der Waals surface area (Å²) in [5, 5.41) is 10.4. The number of benzene rings is 9. The smallest absolute Gasteiger partial charge is 0.197 e. The molecule has 68 heavy (non-hydrogen) atoms. The quantitative estimate of drug-likeness (QED) is 0.172. The van der Waals surface area contributed by atoms with Crippen LogP contribution in [0, 0.1) is 0 Å². The Balaban J connectivity index is 1.07. The molecule has 0 spiro atoms. The predicted octanol–water partition coefficient (Wildman–Crippen LogP) is 15.9. The van der Waals surface area contributed by atoms with Crippen molar-refractivity contribution >= 4 is 108 Å². The lowest BCUT2D eigenvalue weighted by Crippen LogP contribution is -2.02. The second-order valence-corrected chi connectivity index (χ2v) is 18.4. The van der Waals surface area contributed by atoms with Gasteiger partial charge in [0, 0.05) is 80.6 Å². The molecule has 7 nitrogen and oxygen atoms in total. The maximum atomic E-state index is 6.79. The lowest BCUT2D eigenvalue weighted by Gasteiger charge is -2.12. The van der Waals surface area contributed by atoms with Gasteiger partial charge in [0.25, 0.3) is 0 Å². The van der Waals surface area contributed by atoms with Gasteiger partial charge in [0.2, 0.25) is 0 Å². The lowest BCUT2D eigenvalue weighted by molar-refractivity contribution is 0.662. The van der Waals surface area contributed by atoms with Crippen LogP contribution in [0.25, 0.3) is 142 Å². The van der Waals surface area contributed by atoms with Crippen LogP contribution >= 0.6 is 11.3 Å². The highest BCUT2D eigenvalue weighted by Crippen LogP contribution is 2.50. The molecule has 6 heterocycles. The molecule has 0 atom stereocenters. The molecule has 0 aliphatic heterocycles. The van der Waals surface area contributed by atoms with Crippen molar-refractivity contribution in [2.75, 3.05) is 0 Å². The van der Waals surface area contributed by atoms with Gasteiger partial charge >= 0.3 is 0 Å². The Hall–Kier alpha value is -8.98. The van der Waals surface area contributed by atoms with E-state index in [-0.39, 0.29) is 0 Å². The first kappa shape index (κ1) is 37.3. The van der Waals surface area contributed by atoms with Crippen LogP contribution in [-0.2, 0) is 0 Å². The van der Waals surface area contributed by atoms with E-state index >= 15 is 0 Å². The average molecular weight is 887 g/mol. The molecule has 15 aromatic rings.